The maximum Gasteiger partial charge on any atom is 0.280 e. The number of fused-ring (bicyclic) bond motifs is 1. The summed E-state index contributed by atoms with van der Waals surface area (Å²) in [5, 5.41) is 11.7. The number of pyridine rings is 2. The number of carbonyl (C=O) groups excluding carboxylic acids is 1. The molecule has 3 N–H and O–H groups in total. The van der Waals surface area contributed by atoms with E-state index in [1.807, 2.05) is 33.9 Å². The first-order chi connectivity index (χ1) is 16.7. The van der Waals surface area contributed by atoms with Gasteiger partial charge in [-0.2, -0.15) is 10.1 Å². The second-order valence-electron chi connectivity index (χ2n) is 8.87. The first kappa shape index (κ1) is 24.2. The van der Waals surface area contributed by atoms with Gasteiger partial charge in [-0.05, 0) is 48.6 Å². The predicted molar refractivity (Wildman–Crippen MR) is 128 cm³/mol. The van der Waals surface area contributed by atoms with Crippen molar-refractivity contribution < 1.29 is 13.6 Å². The summed E-state index contributed by atoms with van der Waals surface area (Å²) >= 11 is 0. The highest BCUT2D eigenvalue weighted by molar-refractivity contribution is 5.95. The smallest absolute Gasteiger partial charge is 0.280 e. The van der Waals surface area contributed by atoms with Gasteiger partial charge in [0.05, 0.1) is 12.2 Å². The molecule has 0 saturated heterocycles. The van der Waals surface area contributed by atoms with E-state index < -0.39 is 6.43 Å². The lowest BCUT2D eigenvalue weighted by molar-refractivity contribution is 0.0931. The van der Waals surface area contributed by atoms with Crippen LogP contribution in [0, 0.1) is 5.92 Å². The number of hydrogen-bond donors (Lipinski definition) is 2. The minimum atomic E-state index is -2.62. The molecule has 0 bridgehead atoms. The summed E-state index contributed by atoms with van der Waals surface area (Å²) in [5.41, 5.74) is 8.54. The van der Waals surface area contributed by atoms with E-state index in [0.717, 1.165) is 23.1 Å². The Morgan fingerprint density at radius 2 is 1.91 bits per heavy atom. The van der Waals surface area contributed by atoms with Gasteiger partial charge in [0.1, 0.15) is 11.4 Å². The molecular formula is C24H28F2N8O. The maximum atomic E-state index is 13.0. The first-order valence-electron chi connectivity index (χ1n) is 11.4. The van der Waals surface area contributed by atoms with Crippen molar-refractivity contribution >= 4 is 17.5 Å². The summed E-state index contributed by atoms with van der Waals surface area (Å²) < 4.78 is 29.1. The Morgan fingerprint density at radius 3 is 2.54 bits per heavy atom. The van der Waals surface area contributed by atoms with Gasteiger partial charge in [0, 0.05) is 24.0 Å². The van der Waals surface area contributed by atoms with Crippen LogP contribution in [0.15, 0.2) is 42.9 Å². The fourth-order valence-corrected chi connectivity index (χ4v) is 3.93. The molecule has 35 heavy (non-hydrogen) atoms. The minimum absolute atomic E-state index is 0.0123. The van der Waals surface area contributed by atoms with Gasteiger partial charge >= 0.3 is 0 Å². The Labute approximate surface area is 201 Å². The Hall–Kier alpha value is -3.89. The number of halogens is 2. The third-order valence-electron chi connectivity index (χ3n) is 5.90. The third-order valence-corrected chi connectivity index (χ3v) is 5.90. The van der Waals surface area contributed by atoms with Crippen LogP contribution in [0.25, 0.3) is 16.8 Å². The van der Waals surface area contributed by atoms with Crippen LogP contribution in [-0.2, 0) is 0 Å². The zero-order valence-electron chi connectivity index (χ0n) is 20.0. The van der Waals surface area contributed by atoms with Crippen LogP contribution in [0.2, 0.25) is 0 Å². The summed E-state index contributed by atoms with van der Waals surface area (Å²) in [5.74, 6) is -0.110. The van der Waals surface area contributed by atoms with Crippen LogP contribution >= 0.6 is 0 Å². The van der Waals surface area contributed by atoms with Crippen molar-refractivity contribution in [2.45, 2.75) is 52.6 Å². The Kier molecular flexibility index (Phi) is 6.77. The Morgan fingerprint density at radius 1 is 1.14 bits per heavy atom. The van der Waals surface area contributed by atoms with Gasteiger partial charge in [-0.15, -0.1) is 5.10 Å². The maximum absolute atomic E-state index is 13.0. The molecule has 4 aromatic heterocycles. The summed E-state index contributed by atoms with van der Waals surface area (Å²) in [6.07, 6.45) is 3.18. The molecule has 2 atom stereocenters. The Bertz CT molecular complexity index is 1330. The lowest BCUT2D eigenvalue weighted by Gasteiger charge is -2.22. The Balaban J connectivity index is 1.73. The van der Waals surface area contributed by atoms with E-state index in [1.54, 1.807) is 29.1 Å². The van der Waals surface area contributed by atoms with Crippen molar-refractivity contribution in [3.8, 4) is 11.1 Å². The fraction of sp³-hybridized carbons (Fsp3) is 0.375. The molecule has 0 spiro atoms. The van der Waals surface area contributed by atoms with Gasteiger partial charge in [0.15, 0.2) is 5.65 Å². The first-order valence-corrected chi connectivity index (χ1v) is 11.4. The number of alkyl halides is 2. The van der Waals surface area contributed by atoms with Gasteiger partial charge in [-0.25, -0.2) is 13.3 Å². The van der Waals surface area contributed by atoms with Crippen LogP contribution in [0.4, 0.5) is 14.7 Å². The van der Waals surface area contributed by atoms with Crippen molar-refractivity contribution in [1.29, 1.82) is 0 Å². The quantitative estimate of drug-likeness (QED) is 0.387. The molecule has 4 aromatic rings. The normalized spacial score (nSPS) is 13.5. The molecule has 0 saturated carbocycles. The van der Waals surface area contributed by atoms with E-state index in [9.17, 15) is 13.6 Å². The highest BCUT2D eigenvalue weighted by Gasteiger charge is 2.22. The standard InChI is InChI=1S/C24H28F2N8O/c1-5-14(4)30-23(35)19-8-16(9-20-31-24(27)32-34(19)20)17-11-29-33(12-17)21(13(2)3)15-6-7-18(22(25)26)28-10-15/h6-14,21-22H,5H2,1-4H3,(H2,27,32)(H,30,35)/t14-,21?/m0/s1. The number of hydrogen-bond acceptors (Lipinski definition) is 6. The molecule has 0 fully saturated rings. The van der Waals surface area contributed by atoms with Crippen LogP contribution < -0.4 is 11.1 Å². The molecule has 0 aliphatic heterocycles. The van der Waals surface area contributed by atoms with Gasteiger partial charge < -0.3 is 11.1 Å². The van der Waals surface area contributed by atoms with Crippen LogP contribution in [0.1, 0.15) is 68.3 Å². The number of anilines is 1. The number of nitrogens with two attached hydrogens (primary N) is 1. The van der Waals surface area contributed by atoms with Gasteiger partial charge in [0.2, 0.25) is 5.95 Å². The molecule has 9 nitrogen and oxygen atoms in total. The number of nitrogen functional groups attached to an aromatic ring is 1. The lowest BCUT2D eigenvalue weighted by Crippen LogP contribution is -2.33. The zero-order chi connectivity index (χ0) is 25.3. The molecule has 4 heterocycles. The van der Waals surface area contributed by atoms with Gasteiger partial charge in [0.25, 0.3) is 12.3 Å². The van der Waals surface area contributed by atoms with E-state index in [0.29, 0.717) is 11.3 Å². The summed E-state index contributed by atoms with van der Waals surface area (Å²) in [6, 6.07) is 6.27. The van der Waals surface area contributed by atoms with Gasteiger partial charge in [-0.1, -0.05) is 26.8 Å². The lowest BCUT2D eigenvalue weighted by atomic mass is 9.97. The predicted octanol–water partition coefficient (Wildman–Crippen LogP) is 4.28. The molecular weight excluding hydrogens is 454 g/mol. The van der Waals surface area contributed by atoms with Gasteiger partial charge in [-0.3, -0.25) is 14.5 Å². The van der Waals surface area contributed by atoms with Crippen molar-refractivity contribution in [1.82, 2.24) is 34.7 Å². The van der Waals surface area contributed by atoms with Crippen molar-refractivity contribution in [2.24, 2.45) is 5.92 Å². The third kappa shape index (κ3) is 4.98. The molecule has 0 aliphatic carbocycles. The second-order valence-corrected chi connectivity index (χ2v) is 8.87. The molecule has 184 valence electrons. The topological polar surface area (TPSA) is 116 Å². The molecule has 11 heteroatoms. The minimum Gasteiger partial charge on any atom is -0.366 e. The van der Waals surface area contributed by atoms with Crippen molar-refractivity contribution in [3.05, 3.63) is 59.8 Å². The monoisotopic (exact) mass is 482 g/mol. The zero-order valence-corrected chi connectivity index (χ0v) is 20.0. The van der Waals surface area contributed by atoms with Crippen molar-refractivity contribution in [2.75, 3.05) is 5.73 Å². The van der Waals surface area contributed by atoms with Crippen molar-refractivity contribution in [3.63, 3.8) is 0 Å². The summed E-state index contributed by atoms with van der Waals surface area (Å²) in [6.45, 7) is 7.96. The highest BCUT2D eigenvalue weighted by Crippen LogP contribution is 2.30. The number of carbonyl (C=O) groups is 1. The SMILES string of the molecule is CC[C@H](C)NC(=O)c1cc(-c2cnn(C(c3ccc(C(F)F)nc3)C(C)C)c2)cc2nc(N)nn12. The van der Waals surface area contributed by atoms with E-state index >= 15 is 0 Å². The fourth-order valence-electron chi connectivity index (χ4n) is 3.93. The average molecular weight is 483 g/mol. The molecule has 1 unspecified atom stereocenters. The number of aromatic nitrogens is 6. The number of rotatable bonds is 8. The van der Waals surface area contributed by atoms with Crippen LogP contribution in [0.3, 0.4) is 0 Å². The average Bonchev–Trinajstić information content (AvgIpc) is 3.44. The number of nitrogens with one attached hydrogen (secondary N) is 1. The molecule has 0 aromatic carbocycles. The molecule has 0 radical (unpaired) electrons. The summed E-state index contributed by atoms with van der Waals surface area (Å²) in [7, 11) is 0. The number of nitrogens with zero attached hydrogens (tertiary/aromatic N) is 6. The van der Waals surface area contributed by atoms with E-state index in [1.165, 1.54) is 16.8 Å². The summed E-state index contributed by atoms with van der Waals surface area (Å²) in [4.78, 5) is 21.1. The highest BCUT2D eigenvalue weighted by atomic mass is 19.3. The van der Waals surface area contributed by atoms with E-state index in [4.69, 9.17) is 5.73 Å². The van der Waals surface area contributed by atoms with E-state index in [-0.39, 0.29) is 35.6 Å². The second kappa shape index (κ2) is 9.77. The molecule has 1 amide bonds. The largest absolute Gasteiger partial charge is 0.366 e. The molecule has 4 rings (SSSR count). The number of amides is 1. The molecule has 0 aliphatic rings. The van der Waals surface area contributed by atoms with Crippen LogP contribution in [0.5, 0.6) is 0 Å². The van der Waals surface area contributed by atoms with E-state index in [2.05, 4.69) is 25.5 Å². The van der Waals surface area contributed by atoms with Crippen LogP contribution in [-0.4, -0.2) is 41.3 Å².